The third-order valence-corrected chi connectivity index (χ3v) is 4.63. The molecule has 2 aromatic rings. The number of nitrogens with two attached hydrogens (primary N) is 1. The third-order valence-electron chi connectivity index (χ3n) is 2.66. The summed E-state index contributed by atoms with van der Waals surface area (Å²) in [6.45, 7) is 2.49. The Morgan fingerprint density at radius 2 is 2.40 bits per heavy atom. The fraction of sp³-hybridized carbons (Fsp3) is 0.286. The molecule has 104 valence electrons. The number of hydrogen-bond acceptors (Lipinski definition) is 5. The predicted octanol–water partition coefficient (Wildman–Crippen LogP) is 2.28. The van der Waals surface area contributed by atoms with Crippen molar-refractivity contribution < 1.29 is 4.79 Å². The number of carbonyl (C=O) groups excluding carboxylic acids is 1. The number of pyridine rings is 1. The Kier molecular flexibility index (Phi) is 4.88. The summed E-state index contributed by atoms with van der Waals surface area (Å²) >= 11 is 2.94. The lowest BCUT2D eigenvalue weighted by Crippen LogP contribution is -2.25. The minimum Gasteiger partial charge on any atom is -0.397 e. The van der Waals surface area contributed by atoms with Crippen LogP contribution in [0.3, 0.4) is 0 Å². The van der Waals surface area contributed by atoms with Crippen LogP contribution in [0.5, 0.6) is 0 Å². The van der Waals surface area contributed by atoms with Crippen molar-refractivity contribution in [1.82, 2.24) is 10.3 Å². The molecule has 20 heavy (non-hydrogen) atoms. The van der Waals surface area contributed by atoms with Crippen LogP contribution in [-0.4, -0.2) is 28.9 Å². The Morgan fingerprint density at radius 1 is 1.60 bits per heavy atom. The second kappa shape index (κ2) is 6.64. The van der Waals surface area contributed by atoms with E-state index in [1.807, 2.05) is 19.1 Å². The second-order valence-electron chi connectivity index (χ2n) is 4.16. The lowest BCUT2D eigenvalue weighted by Gasteiger charge is -2.03. The van der Waals surface area contributed by atoms with Gasteiger partial charge >= 0.3 is 0 Å². The molecule has 1 amide bonds. The molecule has 0 radical (unpaired) electrons. The third kappa shape index (κ3) is 3.24. The van der Waals surface area contributed by atoms with Crippen LogP contribution in [0.15, 0.2) is 12.1 Å². The fourth-order valence-corrected chi connectivity index (χ4v) is 3.27. The quantitative estimate of drug-likeness (QED) is 0.657. The minimum atomic E-state index is -0.149. The van der Waals surface area contributed by atoms with Crippen molar-refractivity contribution in [2.75, 3.05) is 23.8 Å². The molecule has 0 unspecified atom stereocenters. The van der Waals surface area contributed by atoms with Crippen LogP contribution in [-0.2, 0) is 0 Å². The molecule has 3 N–H and O–H groups in total. The smallest absolute Gasteiger partial charge is 0.263 e. The van der Waals surface area contributed by atoms with Gasteiger partial charge in [-0.05, 0) is 19.1 Å². The Balaban J connectivity index is 2.07. The van der Waals surface area contributed by atoms with Gasteiger partial charge in [0.1, 0.15) is 9.71 Å². The molecule has 0 aliphatic heterocycles. The number of anilines is 1. The van der Waals surface area contributed by atoms with Gasteiger partial charge in [0.15, 0.2) is 0 Å². The highest BCUT2D eigenvalue weighted by molar-refractivity contribution is 7.99. The van der Waals surface area contributed by atoms with Gasteiger partial charge in [0.25, 0.3) is 5.91 Å². The molecular weight excluding hydrogens is 290 g/mol. The SMILES string of the molecule is C#CCSCCNC(=O)c1sc2nc(C)ccc2c1N. The maximum absolute atomic E-state index is 12.1. The Hall–Kier alpha value is -1.71. The number of thioether (sulfide) groups is 1. The molecule has 4 nitrogen and oxygen atoms in total. The van der Waals surface area contributed by atoms with E-state index in [2.05, 4.69) is 16.2 Å². The second-order valence-corrected chi connectivity index (χ2v) is 6.27. The molecule has 2 aromatic heterocycles. The zero-order valence-corrected chi connectivity index (χ0v) is 12.7. The summed E-state index contributed by atoms with van der Waals surface area (Å²) in [6, 6.07) is 3.80. The van der Waals surface area contributed by atoms with E-state index in [1.54, 1.807) is 11.8 Å². The van der Waals surface area contributed by atoms with Crippen LogP contribution in [0.1, 0.15) is 15.4 Å². The zero-order chi connectivity index (χ0) is 14.5. The van der Waals surface area contributed by atoms with Gasteiger partial charge in [0.2, 0.25) is 0 Å². The number of nitrogen functional groups attached to an aromatic ring is 1. The molecule has 2 rings (SSSR count). The zero-order valence-electron chi connectivity index (χ0n) is 11.1. The Morgan fingerprint density at radius 3 is 3.15 bits per heavy atom. The van der Waals surface area contributed by atoms with Crippen LogP contribution in [0.4, 0.5) is 5.69 Å². The molecule has 0 saturated heterocycles. The highest BCUT2D eigenvalue weighted by Crippen LogP contribution is 2.32. The molecule has 0 aliphatic carbocycles. The van der Waals surface area contributed by atoms with Crippen LogP contribution >= 0.6 is 23.1 Å². The minimum absolute atomic E-state index is 0.149. The van der Waals surface area contributed by atoms with E-state index in [9.17, 15) is 4.79 Å². The van der Waals surface area contributed by atoms with Gasteiger partial charge in [-0.25, -0.2) is 4.98 Å². The normalized spacial score (nSPS) is 10.4. The molecule has 0 aliphatic rings. The molecule has 0 spiro atoms. The number of rotatable bonds is 5. The molecule has 6 heteroatoms. The van der Waals surface area contributed by atoms with Gasteiger partial charge < -0.3 is 11.1 Å². The summed E-state index contributed by atoms with van der Waals surface area (Å²) in [6.07, 6.45) is 5.16. The molecule has 0 saturated carbocycles. The number of carbonyl (C=O) groups is 1. The van der Waals surface area contributed by atoms with E-state index in [4.69, 9.17) is 12.2 Å². The van der Waals surface area contributed by atoms with Gasteiger partial charge in [0, 0.05) is 23.4 Å². The summed E-state index contributed by atoms with van der Waals surface area (Å²) in [4.78, 5) is 17.8. The van der Waals surface area contributed by atoms with E-state index >= 15 is 0 Å². The standard InChI is InChI=1S/C14H15N3OS2/c1-3-7-19-8-6-16-13(18)12-11(15)10-5-4-9(2)17-14(10)20-12/h1,4-5H,6-8,15H2,2H3,(H,16,18). The lowest BCUT2D eigenvalue weighted by molar-refractivity contribution is 0.0961. The van der Waals surface area contributed by atoms with Gasteiger partial charge in [-0.3, -0.25) is 4.79 Å². The van der Waals surface area contributed by atoms with Crippen LogP contribution < -0.4 is 11.1 Å². The Bertz CT molecular complexity index is 673. The number of fused-ring (bicyclic) bond motifs is 1. The monoisotopic (exact) mass is 305 g/mol. The number of amides is 1. The molecule has 0 aromatic carbocycles. The number of terminal acetylenes is 1. The molecule has 0 fully saturated rings. The summed E-state index contributed by atoms with van der Waals surface area (Å²) in [5.74, 6) is 3.84. The largest absolute Gasteiger partial charge is 0.397 e. The first-order valence-electron chi connectivity index (χ1n) is 6.08. The van der Waals surface area contributed by atoms with Gasteiger partial charge in [-0.1, -0.05) is 5.92 Å². The number of nitrogens with one attached hydrogen (secondary N) is 1. The highest BCUT2D eigenvalue weighted by Gasteiger charge is 2.16. The first-order valence-corrected chi connectivity index (χ1v) is 8.05. The Labute approximate surface area is 126 Å². The van der Waals surface area contributed by atoms with Crippen molar-refractivity contribution in [3.63, 3.8) is 0 Å². The first kappa shape index (κ1) is 14.7. The average molecular weight is 305 g/mol. The predicted molar refractivity (Wildman–Crippen MR) is 87.3 cm³/mol. The summed E-state index contributed by atoms with van der Waals surface area (Å²) in [5, 5.41) is 3.69. The van der Waals surface area contributed by atoms with Crippen molar-refractivity contribution in [1.29, 1.82) is 0 Å². The van der Waals surface area contributed by atoms with Crippen molar-refractivity contribution in [2.45, 2.75) is 6.92 Å². The van der Waals surface area contributed by atoms with Crippen LogP contribution in [0, 0.1) is 19.3 Å². The van der Waals surface area contributed by atoms with Gasteiger partial charge in [-0.2, -0.15) is 0 Å². The lowest BCUT2D eigenvalue weighted by atomic mass is 10.2. The van der Waals surface area contributed by atoms with Gasteiger partial charge in [-0.15, -0.1) is 29.5 Å². The van der Waals surface area contributed by atoms with Crippen LogP contribution in [0.2, 0.25) is 0 Å². The van der Waals surface area contributed by atoms with E-state index in [1.165, 1.54) is 11.3 Å². The van der Waals surface area contributed by atoms with E-state index < -0.39 is 0 Å². The maximum Gasteiger partial charge on any atom is 0.263 e. The van der Waals surface area contributed by atoms with E-state index in [0.29, 0.717) is 22.9 Å². The fourth-order valence-electron chi connectivity index (χ4n) is 1.71. The van der Waals surface area contributed by atoms with Crippen molar-refractivity contribution in [2.24, 2.45) is 0 Å². The van der Waals surface area contributed by atoms with Crippen molar-refractivity contribution >= 4 is 44.9 Å². The molecule has 0 atom stereocenters. The van der Waals surface area contributed by atoms with Gasteiger partial charge in [0.05, 0.1) is 11.4 Å². The van der Waals surface area contributed by atoms with Crippen molar-refractivity contribution in [3.05, 3.63) is 22.7 Å². The maximum atomic E-state index is 12.1. The number of thiophene rings is 1. The first-order chi connectivity index (χ1) is 9.63. The number of aryl methyl sites for hydroxylation is 1. The number of aromatic nitrogens is 1. The highest BCUT2D eigenvalue weighted by atomic mass is 32.2. The van der Waals surface area contributed by atoms with E-state index in [0.717, 1.165) is 21.7 Å². The van der Waals surface area contributed by atoms with Crippen LogP contribution in [0.25, 0.3) is 10.2 Å². The molecular formula is C14H15N3OS2. The topological polar surface area (TPSA) is 68.0 Å². The number of hydrogen-bond donors (Lipinski definition) is 2. The average Bonchev–Trinajstić information content (AvgIpc) is 2.75. The molecule has 2 heterocycles. The summed E-state index contributed by atoms with van der Waals surface area (Å²) in [7, 11) is 0. The summed E-state index contributed by atoms with van der Waals surface area (Å²) < 4.78 is 0. The summed E-state index contributed by atoms with van der Waals surface area (Å²) in [5.41, 5.74) is 7.44. The van der Waals surface area contributed by atoms with E-state index in [-0.39, 0.29) is 5.91 Å². The number of nitrogens with zero attached hydrogens (tertiary/aromatic N) is 1. The van der Waals surface area contributed by atoms with Crippen molar-refractivity contribution in [3.8, 4) is 12.3 Å². The molecule has 0 bridgehead atoms.